The third-order valence-electron chi connectivity index (χ3n) is 3.57. The Hall–Kier alpha value is -0.0800. The maximum Gasteiger partial charge on any atom is 0.0631 e. The van der Waals surface area contributed by atoms with Crippen molar-refractivity contribution >= 4 is 0 Å². The van der Waals surface area contributed by atoms with Gasteiger partial charge in [0.05, 0.1) is 6.10 Å². The maximum atomic E-state index is 9.51. The molecule has 1 spiro atoms. The van der Waals surface area contributed by atoms with Gasteiger partial charge in [-0.3, -0.25) is 0 Å². The lowest BCUT2D eigenvalue weighted by Gasteiger charge is -2.65. The molecule has 1 saturated heterocycles. The molecule has 0 aromatic heterocycles. The van der Waals surface area contributed by atoms with Gasteiger partial charge in [0.25, 0.3) is 0 Å². The summed E-state index contributed by atoms with van der Waals surface area (Å²) in [6.45, 7) is 6.53. The van der Waals surface area contributed by atoms with Gasteiger partial charge in [0.15, 0.2) is 0 Å². The second kappa shape index (κ2) is 1.56. The summed E-state index contributed by atoms with van der Waals surface area (Å²) in [5.74, 6) is 0. The number of hydrogen-bond donors (Lipinski definition) is 2. The van der Waals surface area contributed by atoms with Gasteiger partial charge in [-0.15, -0.1) is 0 Å². The summed E-state index contributed by atoms with van der Waals surface area (Å²) in [5, 5.41) is 12.7. The van der Waals surface area contributed by atoms with E-state index in [1.54, 1.807) is 0 Å². The molecule has 0 aromatic carbocycles. The fraction of sp³-hybridized carbons (Fsp3) is 1.00. The molecule has 2 aliphatic rings. The van der Waals surface area contributed by atoms with Crippen molar-refractivity contribution in [3.8, 4) is 0 Å². The molecule has 2 fully saturated rings. The van der Waals surface area contributed by atoms with Gasteiger partial charge in [0, 0.05) is 18.5 Å². The highest BCUT2D eigenvalue weighted by Gasteiger charge is 2.62. The van der Waals surface area contributed by atoms with Crippen LogP contribution in [0.5, 0.6) is 0 Å². The fourth-order valence-corrected chi connectivity index (χ4v) is 2.31. The smallest absolute Gasteiger partial charge is 0.0631 e. The van der Waals surface area contributed by atoms with Gasteiger partial charge in [-0.2, -0.15) is 0 Å². The van der Waals surface area contributed by atoms with Gasteiger partial charge in [0.1, 0.15) is 0 Å². The van der Waals surface area contributed by atoms with Crippen LogP contribution in [0.15, 0.2) is 0 Å². The highest BCUT2D eigenvalue weighted by molar-refractivity contribution is 5.15. The lowest BCUT2D eigenvalue weighted by atomic mass is 9.46. The molecule has 0 bridgehead atoms. The molecular formula is C8H15NO. The molecule has 2 heteroatoms. The minimum absolute atomic E-state index is 0.0382. The Labute approximate surface area is 61.6 Å². The molecule has 58 valence electrons. The van der Waals surface area contributed by atoms with Crippen LogP contribution >= 0.6 is 0 Å². The Morgan fingerprint density at radius 2 is 2.00 bits per heavy atom. The molecule has 0 radical (unpaired) electrons. The van der Waals surface area contributed by atoms with E-state index in [1.807, 2.05) is 0 Å². The van der Waals surface area contributed by atoms with E-state index in [2.05, 4.69) is 19.2 Å². The summed E-state index contributed by atoms with van der Waals surface area (Å²) in [5.41, 5.74) is 0.616. The van der Waals surface area contributed by atoms with Crippen molar-refractivity contribution < 1.29 is 5.11 Å². The van der Waals surface area contributed by atoms with Crippen LogP contribution in [0, 0.1) is 10.8 Å². The topological polar surface area (TPSA) is 32.3 Å². The minimum Gasteiger partial charge on any atom is -0.392 e. The summed E-state index contributed by atoms with van der Waals surface area (Å²) < 4.78 is 0. The van der Waals surface area contributed by atoms with E-state index in [4.69, 9.17) is 0 Å². The molecule has 1 unspecified atom stereocenters. The first-order chi connectivity index (χ1) is 4.58. The van der Waals surface area contributed by atoms with Crippen molar-refractivity contribution in [3.63, 3.8) is 0 Å². The van der Waals surface area contributed by atoms with Gasteiger partial charge in [-0.25, -0.2) is 0 Å². The molecule has 0 aromatic rings. The van der Waals surface area contributed by atoms with Crippen LogP contribution in [0.1, 0.15) is 20.3 Å². The average Bonchev–Trinajstić information content (AvgIpc) is 1.55. The molecule has 2 nitrogen and oxygen atoms in total. The Kier molecular flexibility index (Phi) is 1.03. The first kappa shape index (κ1) is 6.62. The lowest BCUT2D eigenvalue weighted by molar-refractivity contribution is -0.200. The summed E-state index contributed by atoms with van der Waals surface area (Å²) in [4.78, 5) is 0. The van der Waals surface area contributed by atoms with E-state index in [0.29, 0.717) is 5.41 Å². The molecule has 1 heterocycles. The Bertz CT molecular complexity index is 161. The van der Waals surface area contributed by atoms with Crippen LogP contribution in [0.4, 0.5) is 0 Å². The Morgan fingerprint density at radius 3 is 2.10 bits per heavy atom. The molecule has 0 amide bonds. The predicted molar refractivity (Wildman–Crippen MR) is 39.7 cm³/mol. The minimum atomic E-state index is -0.0382. The number of aliphatic hydroxyl groups is 1. The molecule has 2 N–H and O–H groups in total. The zero-order chi connectivity index (χ0) is 7.41. The quantitative estimate of drug-likeness (QED) is 0.510. The summed E-state index contributed by atoms with van der Waals surface area (Å²) in [7, 11) is 0. The van der Waals surface area contributed by atoms with Crippen LogP contribution in [-0.4, -0.2) is 24.3 Å². The SMILES string of the molecule is CC1(C)CC(O)C12CNC2. The number of hydrogen-bond acceptors (Lipinski definition) is 2. The molecule has 1 aliphatic heterocycles. The summed E-state index contributed by atoms with van der Waals surface area (Å²) in [6.07, 6.45) is 0.943. The third kappa shape index (κ3) is 0.487. The largest absolute Gasteiger partial charge is 0.392 e. The average molecular weight is 141 g/mol. The van der Waals surface area contributed by atoms with Crippen molar-refractivity contribution in [2.24, 2.45) is 10.8 Å². The van der Waals surface area contributed by atoms with Crippen LogP contribution < -0.4 is 5.32 Å². The normalized spacial score (nSPS) is 40.5. The fourth-order valence-electron chi connectivity index (χ4n) is 2.31. The Balaban J connectivity index is 2.18. The number of nitrogens with one attached hydrogen (secondary N) is 1. The highest BCUT2D eigenvalue weighted by atomic mass is 16.3. The molecule has 1 atom stereocenters. The van der Waals surface area contributed by atoms with E-state index in [0.717, 1.165) is 19.5 Å². The molecule has 10 heavy (non-hydrogen) atoms. The Morgan fingerprint density at radius 1 is 1.40 bits per heavy atom. The predicted octanol–water partition coefficient (Wildman–Crippen LogP) is 0.367. The number of aliphatic hydroxyl groups excluding tert-OH is 1. The van der Waals surface area contributed by atoms with Gasteiger partial charge in [0.2, 0.25) is 0 Å². The van der Waals surface area contributed by atoms with Crippen LogP contribution in [0.3, 0.4) is 0 Å². The zero-order valence-electron chi connectivity index (χ0n) is 6.65. The van der Waals surface area contributed by atoms with Crippen molar-refractivity contribution in [2.75, 3.05) is 13.1 Å². The standard InChI is InChI=1S/C8H15NO/c1-7(2)3-6(10)8(7)4-9-5-8/h6,9-10H,3-5H2,1-2H3. The van der Waals surface area contributed by atoms with Crippen LogP contribution in [-0.2, 0) is 0 Å². The van der Waals surface area contributed by atoms with Gasteiger partial charge < -0.3 is 10.4 Å². The van der Waals surface area contributed by atoms with Crippen molar-refractivity contribution in [3.05, 3.63) is 0 Å². The summed E-state index contributed by atoms with van der Waals surface area (Å²) in [6, 6.07) is 0. The molecule has 1 aliphatic carbocycles. The van der Waals surface area contributed by atoms with Gasteiger partial charge >= 0.3 is 0 Å². The van der Waals surface area contributed by atoms with E-state index in [1.165, 1.54) is 0 Å². The second-order valence-electron chi connectivity index (χ2n) is 4.36. The van der Waals surface area contributed by atoms with Gasteiger partial charge in [-0.05, 0) is 11.8 Å². The first-order valence-electron chi connectivity index (χ1n) is 3.97. The summed E-state index contributed by atoms with van der Waals surface area (Å²) >= 11 is 0. The lowest BCUT2D eigenvalue weighted by Crippen LogP contribution is -2.73. The maximum absolute atomic E-state index is 9.51. The van der Waals surface area contributed by atoms with E-state index >= 15 is 0 Å². The second-order valence-corrected chi connectivity index (χ2v) is 4.36. The molecule has 1 saturated carbocycles. The van der Waals surface area contributed by atoms with Crippen molar-refractivity contribution in [1.29, 1.82) is 0 Å². The third-order valence-corrected chi connectivity index (χ3v) is 3.57. The molecule has 2 rings (SSSR count). The van der Waals surface area contributed by atoms with Crippen molar-refractivity contribution in [2.45, 2.75) is 26.4 Å². The van der Waals surface area contributed by atoms with Crippen LogP contribution in [0.2, 0.25) is 0 Å². The molecular weight excluding hydrogens is 126 g/mol. The van der Waals surface area contributed by atoms with Gasteiger partial charge in [-0.1, -0.05) is 13.8 Å². The number of rotatable bonds is 0. The van der Waals surface area contributed by atoms with E-state index < -0.39 is 0 Å². The zero-order valence-corrected chi connectivity index (χ0v) is 6.65. The van der Waals surface area contributed by atoms with Crippen molar-refractivity contribution in [1.82, 2.24) is 5.32 Å². The monoisotopic (exact) mass is 141 g/mol. The first-order valence-corrected chi connectivity index (χ1v) is 3.97. The van der Waals surface area contributed by atoms with E-state index in [-0.39, 0.29) is 11.5 Å². The van der Waals surface area contributed by atoms with E-state index in [9.17, 15) is 5.11 Å². The van der Waals surface area contributed by atoms with Crippen LogP contribution in [0.25, 0.3) is 0 Å². The highest BCUT2D eigenvalue weighted by Crippen LogP contribution is 2.58.